The second kappa shape index (κ2) is 14.0. The topological polar surface area (TPSA) is 18.5 Å². The van der Waals surface area contributed by atoms with Crippen LogP contribution in [0.15, 0.2) is 0 Å². The molecule has 0 radical (unpaired) electrons. The average Bonchev–Trinajstić information content (AvgIpc) is 2.58. The summed E-state index contributed by atoms with van der Waals surface area (Å²) in [6.45, 7) is 17.8. The van der Waals surface area contributed by atoms with E-state index in [1.54, 1.807) is 0 Å². The van der Waals surface area contributed by atoms with E-state index in [2.05, 4.69) is 42.8 Å². The van der Waals surface area contributed by atoms with Crippen LogP contribution in [-0.4, -0.2) is 61.2 Å². The Balaban J connectivity index is 1.81. The van der Waals surface area contributed by atoms with Crippen LogP contribution in [0.1, 0.15) is 91.9 Å². The molecule has 0 atom stereocenters. The van der Waals surface area contributed by atoms with Gasteiger partial charge in [0.1, 0.15) is 0 Å². The van der Waals surface area contributed by atoms with Gasteiger partial charge in [-0.3, -0.25) is 9.80 Å². The molecule has 0 unspecified atom stereocenters. The predicted octanol–water partition coefficient (Wildman–Crippen LogP) is 4.91. The highest BCUT2D eigenvalue weighted by Gasteiger charge is 2.25. The Morgan fingerprint density at radius 1 is 0.680 bits per heavy atom. The van der Waals surface area contributed by atoms with Crippen LogP contribution in [0, 0.1) is 0 Å². The number of hydrogen-bond acceptors (Lipinski definition) is 3. The van der Waals surface area contributed by atoms with Crippen molar-refractivity contribution in [3.8, 4) is 0 Å². The molecule has 150 valence electrons. The molecular formula is C22H47N3. The zero-order valence-corrected chi connectivity index (χ0v) is 17.9. The van der Waals surface area contributed by atoms with Gasteiger partial charge in [-0.2, -0.15) is 0 Å². The van der Waals surface area contributed by atoms with Gasteiger partial charge < -0.3 is 5.32 Å². The van der Waals surface area contributed by atoms with Gasteiger partial charge in [0.05, 0.1) is 0 Å². The number of nitrogens with one attached hydrogen (secondary N) is 1. The molecule has 3 heteroatoms. The summed E-state index contributed by atoms with van der Waals surface area (Å²) in [5.41, 5.74) is 0.333. The molecule has 0 bridgehead atoms. The van der Waals surface area contributed by atoms with E-state index in [9.17, 15) is 0 Å². The summed E-state index contributed by atoms with van der Waals surface area (Å²) in [4.78, 5) is 5.23. The first-order valence-electron chi connectivity index (χ1n) is 11.2. The number of unbranched alkanes of at least 4 members (excludes halogenated alkanes) is 9. The predicted molar refractivity (Wildman–Crippen MR) is 112 cm³/mol. The Morgan fingerprint density at radius 2 is 1.20 bits per heavy atom. The Bertz CT molecular complexity index is 290. The normalized spacial score (nSPS) is 17.3. The lowest BCUT2D eigenvalue weighted by Gasteiger charge is -2.42. The van der Waals surface area contributed by atoms with Crippen LogP contribution in [0.5, 0.6) is 0 Å². The molecule has 0 aromatic rings. The van der Waals surface area contributed by atoms with Crippen LogP contribution in [0.4, 0.5) is 0 Å². The summed E-state index contributed by atoms with van der Waals surface area (Å²) in [6.07, 6.45) is 14.3. The summed E-state index contributed by atoms with van der Waals surface area (Å²) < 4.78 is 0. The number of piperazine rings is 1. The Kier molecular flexibility index (Phi) is 12.8. The summed E-state index contributed by atoms with van der Waals surface area (Å²) in [6, 6.07) is 0. The van der Waals surface area contributed by atoms with Gasteiger partial charge >= 0.3 is 0 Å². The Hall–Kier alpha value is -0.120. The van der Waals surface area contributed by atoms with Crippen molar-refractivity contribution in [2.45, 2.75) is 97.4 Å². The second-order valence-corrected chi connectivity index (χ2v) is 8.93. The van der Waals surface area contributed by atoms with E-state index in [1.807, 2.05) is 0 Å². The van der Waals surface area contributed by atoms with Gasteiger partial charge in [0.15, 0.2) is 0 Å². The van der Waals surface area contributed by atoms with Crippen molar-refractivity contribution in [1.82, 2.24) is 15.1 Å². The third-order valence-corrected chi connectivity index (χ3v) is 5.63. The zero-order valence-electron chi connectivity index (χ0n) is 17.9. The van der Waals surface area contributed by atoms with Crippen LogP contribution in [0.2, 0.25) is 0 Å². The van der Waals surface area contributed by atoms with E-state index in [1.165, 1.54) is 103 Å². The molecule has 1 saturated heterocycles. The molecule has 0 aliphatic carbocycles. The van der Waals surface area contributed by atoms with Gasteiger partial charge in [0.25, 0.3) is 0 Å². The van der Waals surface area contributed by atoms with Crippen LogP contribution in [-0.2, 0) is 0 Å². The molecule has 0 aromatic heterocycles. The minimum absolute atomic E-state index is 0.333. The van der Waals surface area contributed by atoms with E-state index >= 15 is 0 Å². The molecule has 1 fully saturated rings. The van der Waals surface area contributed by atoms with Crippen LogP contribution in [0.3, 0.4) is 0 Å². The molecule has 1 heterocycles. The molecule has 0 aromatic carbocycles. The number of nitrogens with zero attached hydrogens (tertiary/aromatic N) is 2. The van der Waals surface area contributed by atoms with Crippen molar-refractivity contribution in [3.05, 3.63) is 0 Å². The van der Waals surface area contributed by atoms with E-state index < -0.39 is 0 Å². The molecule has 1 N–H and O–H groups in total. The van der Waals surface area contributed by atoms with Crippen molar-refractivity contribution < 1.29 is 0 Å². The summed E-state index contributed by atoms with van der Waals surface area (Å²) in [7, 11) is 0. The third kappa shape index (κ3) is 12.0. The average molecular weight is 354 g/mol. The number of hydrogen-bond donors (Lipinski definition) is 1. The minimum atomic E-state index is 0.333. The maximum absolute atomic E-state index is 3.64. The Morgan fingerprint density at radius 3 is 1.72 bits per heavy atom. The van der Waals surface area contributed by atoms with E-state index in [0.29, 0.717) is 5.54 Å². The molecule has 0 spiro atoms. The van der Waals surface area contributed by atoms with Crippen molar-refractivity contribution in [3.63, 3.8) is 0 Å². The first-order valence-corrected chi connectivity index (χ1v) is 11.2. The molecule has 3 nitrogen and oxygen atoms in total. The maximum atomic E-state index is 3.64. The molecular weight excluding hydrogens is 306 g/mol. The lowest BCUT2D eigenvalue weighted by molar-refractivity contribution is 0.0628. The Labute approximate surface area is 158 Å². The van der Waals surface area contributed by atoms with E-state index in [-0.39, 0.29) is 0 Å². The van der Waals surface area contributed by atoms with Gasteiger partial charge in [0, 0.05) is 44.8 Å². The second-order valence-electron chi connectivity index (χ2n) is 8.93. The van der Waals surface area contributed by atoms with E-state index in [0.717, 1.165) is 6.54 Å². The standard InChI is InChI=1S/C22H47N3/c1-5-6-7-8-9-10-11-12-13-14-15-23-16-17-24-18-20-25(21-19-24)22(2,3)4/h23H,5-21H2,1-4H3. The number of rotatable bonds is 14. The maximum Gasteiger partial charge on any atom is 0.0126 e. The quantitative estimate of drug-likeness (QED) is 0.447. The summed E-state index contributed by atoms with van der Waals surface area (Å²) >= 11 is 0. The lowest BCUT2D eigenvalue weighted by Crippen LogP contribution is -2.54. The van der Waals surface area contributed by atoms with E-state index in [4.69, 9.17) is 0 Å². The van der Waals surface area contributed by atoms with Gasteiger partial charge in [-0.05, 0) is 33.7 Å². The molecule has 1 aliphatic rings. The first kappa shape index (κ1) is 22.9. The summed E-state index contributed by atoms with van der Waals surface area (Å²) in [5, 5.41) is 3.64. The molecule has 0 saturated carbocycles. The van der Waals surface area contributed by atoms with Crippen molar-refractivity contribution in [2.24, 2.45) is 0 Å². The molecule has 1 aliphatic heterocycles. The van der Waals surface area contributed by atoms with Gasteiger partial charge in [-0.1, -0.05) is 64.7 Å². The smallest absolute Gasteiger partial charge is 0.0126 e. The highest BCUT2D eigenvalue weighted by Crippen LogP contribution is 2.15. The zero-order chi connectivity index (χ0) is 18.4. The highest BCUT2D eigenvalue weighted by atomic mass is 15.3. The molecule has 25 heavy (non-hydrogen) atoms. The fourth-order valence-corrected chi connectivity index (χ4v) is 3.74. The van der Waals surface area contributed by atoms with Gasteiger partial charge in [-0.25, -0.2) is 0 Å². The minimum Gasteiger partial charge on any atom is -0.315 e. The fraction of sp³-hybridized carbons (Fsp3) is 1.00. The lowest BCUT2D eigenvalue weighted by atomic mass is 10.1. The SMILES string of the molecule is CCCCCCCCCCCCNCCN1CCN(C(C)(C)C)CC1. The fourth-order valence-electron chi connectivity index (χ4n) is 3.74. The summed E-state index contributed by atoms with van der Waals surface area (Å²) in [5.74, 6) is 0. The van der Waals surface area contributed by atoms with Crippen LogP contribution < -0.4 is 5.32 Å². The highest BCUT2D eigenvalue weighted by molar-refractivity contribution is 4.81. The van der Waals surface area contributed by atoms with Crippen molar-refractivity contribution >= 4 is 0 Å². The largest absolute Gasteiger partial charge is 0.315 e. The van der Waals surface area contributed by atoms with Gasteiger partial charge in [0.2, 0.25) is 0 Å². The van der Waals surface area contributed by atoms with Crippen LogP contribution in [0.25, 0.3) is 0 Å². The van der Waals surface area contributed by atoms with Crippen LogP contribution >= 0.6 is 0 Å². The van der Waals surface area contributed by atoms with Crippen molar-refractivity contribution in [2.75, 3.05) is 45.8 Å². The van der Waals surface area contributed by atoms with Gasteiger partial charge in [-0.15, -0.1) is 0 Å². The van der Waals surface area contributed by atoms with Crippen molar-refractivity contribution in [1.29, 1.82) is 0 Å². The molecule has 0 amide bonds. The molecule has 1 rings (SSSR count). The monoisotopic (exact) mass is 353 g/mol. The third-order valence-electron chi connectivity index (χ3n) is 5.63. The first-order chi connectivity index (χ1) is 12.0.